The highest BCUT2D eigenvalue weighted by atomic mass is 32.2. The minimum absolute atomic E-state index is 0.00232. The van der Waals surface area contributed by atoms with Gasteiger partial charge in [-0.05, 0) is 24.6 Å². The fourth-order valence-electron chi connectivity index (χ4n) is 2.50. The van der Waals surface area contributed by atoms with Crippen LogP contribution in [0.25, 0.3) is 11.4 Å². The van der Waals surface area contributed by atoms with Crippen molar-refractivity contribution in [1.29, 1.82) is 0 Å². The van der Waals surface area contributed by atoms with E-state index in [9.17, 15) is 14.9 Å². The van der Waals surface area contributed by atoms with E-state index in [1.807, 2.05) is 41.8 Å². The number of nitrogens with zero attached hydrogens (tertiary/aromatic N) is 5. The van der Waals surface area contributed by atoms with E-state index in [1.165, 1.54) is 30.1 Å². The van der Waals surface area contributed by atoms with Crippen molar-refractivity contribution in [3.05, 3.63) is 70.3 Å². The summed E-state index contributed by atoms with van der Waals surface area (Å²) in [4.78, 5) is 22.2. The summed E-state index contributed by atoms with van der Waals surface area (Å²) < 4.78 is 1.95. The molecule has 148 valence electrons. The first-order valence-electron chi connectivity index (χ1n) is 8.76. The molecule has 0 aliphatic rings. The molecule has 1 amide bonds. The fraction of sp³-hybridized carbons (Fsp3) is 0.158. The van der Waals surface area contributed by atoms with E-state index in [1.54, 1.807) is 12.1 Å². The average Bonchev–Trinajstić information content (AvgIpc) is 3.16. The van der Waals surface area contributed by atoms with Gasteiger partial charge in [0.1, 0.15) is 0 Å². The number of nitro groups is 1. The van der Waals surface area contributed by atoms with Crippen molar-refractivity contribution in [1.82, 2.24) is 20.2 Å². The Labute approximate surface area is 171 Å². The van der Waals surface area contributed by atoms with Crippen molar-refractivity contribution >= 4 is 29.6 Å². The summed E-state index contributed by atoms with van der Waals surface area (Å²) in [5.74, 6) is 0.595. The maximum absolute atomic E-state index is 12.0. The molecule has 0 saturated carbocycles. The number of thioether (sulfide) groups is 1. The molecule has 0 fully saturated rings. The third-order valence-electron chi connectivity index (χ3n) is 3.90. The standard InChI is InChI=1S/C19H18N6O3S/c1-2-24-18(15-6-4-3-5-7-15)22-23-19(24)29-13-17(26)21-20-12-14-8-10-16(11-9-14)25(27)28/h3-12H,2,13H2,1H3,(H,21,26)/b20-12-. The second kappa shape index (κ2) is 9.60. The van der Waals surface area contributed by atoms with Gasteiger partial charge < -0.3 is 4.57 Å². The van der Waals surface area contributed by atoms with Crippen LogP contribution in [0.1, 0.15) is 12.5 Å². The van der Waals surface area contributed by atoms with Crippen LogP contribution in [0.3, 0.4) is 0 Å². The SMILES string of the molecule is CCn1c(SCC(=O)N/N=C\c2ccc([N+](=O)[O-])cc2)nnc1-c1ccccc1. The predicted octanol–water partition coefficient (Wildman–Crippen LogP) is 3.12. The molecule has 0 atom stereocenters. The van der Waals surface area contributed by atoms with E-state index in [0.717, 1.165) is 11.4 Å². The van der Waals surface area contributed by atoms with Crippen molar-refractivity contribution in [3.63, 3.8) is 0 Å². The number of benzene rings is 2. The maximum Gasteiger partial charge on any atom is 0.269 e. The Bertz CT molecular complexity index is 1020. The quantitative estimate of drug-likeness (QED) is 0.264. The number of amides is 1. The highest BCUT2D eigenvalue weighted by Gasteiger charge is 2.14. The Morgan fingerprint density at radius 1 is 1.21 bits per heavy atom. The van der Waals surface area contributed by atoms with Gasteiger partial charge in [0.2, 0.25) is 0 Å². The molecule has 0 bridgehead atoms. The third-order valence-corrected chi connectivity index (χ3v) is 4.87. The lowest BCUT2D eigenvalue weighted by Gasteiger charge is -2.06. The topological polar surface area (TPSA) is 115 Å². The van der Waals surface area contributed by atoms with Crippen LogP contribution in [0.2, 0.25) is 0 Å². The van der Waals surface area contributed by atoms with Crippen LogP contribution < -0.4 is 5.43 Å². The van der Waals surface area contributed by atoms with Crippen LogP contribution in [0, 0.1) is 10.1 Å². The van der Waals surface area contributed by atoms with Gasteiger partial charge in [0.15, 0.2) is 11.0 Å². The maximum atomic E-state index is 12.0. The molecule has 10 heteroatoms. The molecule has 0 unspecified atom stereocenters. The van der Waals surface area contributed by atoms with Gasteiger partial charge in [0.25, 0.3) is 11.6 Å². The first-order valence-corrected chi connectivity index (χ1v) is 9.75. The van der Waals surface area contributed by atoms with Crippen LogP contribution in [-0.4, -0.2) is 37.6 Å². The lowest BCUT2D eigenvalue weighted by Crippen LogP contribution is -2.20. The highest BCUT2D eigenvalue weighted by Crippen LogP contribution is 2.23. The molecule has 0 saturated heterocycles. The largest absolute Gasteiger partial charge is 0.302 e. The Kier molecular flexibility index (Phi) is 6.69. The fourth-order valence-corrected chi connectivity index (χ4v) is 3.30. The summed E-state index contributed by atoms with van der Waals surface area (Å²) in [6.45, 7) is 2.67. The monoisotopic (exact) mass is 410 g/mol. The molecule has 0 radical (unpaired) electrons. The number of carbonyl (C=O) groups is 1. The van der Waals surface area contributed by atoms with E-state index in [0.29, 0.717) is 17.3 Å². The molecule has 3 aromatic rings. The van der Waals surface area contributed by atoms with Crippen LogP contribution in [0.15, 0.2) is 64.9 Å². The molecule has 9 nitrogen and oxygen atoms in total. The molecule has 29 heavy (non-hydrogen) atoms. The molecule has 0 aliphatic carbocycles. The van der Waals surface area contributed by atoms with Crippen molar-refractivity contribution in [3.8, 4) is 11.4 Å². The van der Waals surface area contributed by atoms with Gasteiger partial charge in [0, 0.05) is 24.2 Å². The molecule has 1 N–H and O–H groups in total. The van der Waals surface area contributed by atoms with Crippen molar-refractivity contribution in [2.24, 2.45) is 5.10 Å². The zero-order valence-electron chi connectivity index (χ0n) is 15.6. The number of rotatable bonds is 8. The Morgan fingerprint density at radius 2 is 1.93 bits per heavy atom. The number of nitrogens with one attached hydrogen (secondary N) is 1. The summed E-state index contributed by atoms with van der Waals surface area (Å²) >= 11 is 1.28. The average molecular weight is 410 g/mol. The molecular formula is C19H18N6O3S. The second-order valence-corrected chi connectivity index (χ2v) is 6.79. The van der Waals surface area contributed by atoms with Crippen molar-refractivity contribution in [2.75, 3.05) is 5.75 Å². The van der Waals surface area contributed by atoms with Gasteiger partial charge in [-0.3, -0.25) is 14.9 Å². The summed E-state index contributed by atoms with van der Waals surface area (Å²) in [5, 5.41) is 23.6. The number of hydrazone groups is 1. The summed E-state index contributed by atoms with van der Waals surface area (Å²) in [5.41, 5.74) is 4.04. The summed E-state index contributed by atoms with van der Waals surface area (Å²) in [7, 11) is 0. The van der Waals surface area contributed by atoms with Gasteiger partial charge in [-0.1, -0.05) is 42.1 Å². The van der Waals surface area contributed by atoms with E-state index in [4.69, 9.17) is 0 Å². The molecule has 0 aliphatic heterocycles. The van der Waals surface area contributed by atoms with Crippen molar-refractivity contribution < 1.29 is 9.72 Å². The van der Waals surface area contributed by atoms with Crippen LogP contribution in [0.4, 0.5) is 5.69 Å². The van der Waals surface area contributed by atoms with E-state index in [-0.39, 0.29) is 17.3 Å². The van der Waals surface area contributed by atoms with Gasteiger partial charge in [0.05, 0.1) is 16.9 Å². The number of carbonyl (C=O) groups excluding carboxylic acids is 1. The number of aromatic nitrogens is 3. The molecule has 1 aromatic heterocycles. The zero-order valence-corrected chi connectivity index (χ0v) is 16.4. The number of hydrogen-bond acceptors (Lipinski definition) is 7. The van der Waals surface area contributed by atoms with Crippen LogP contribution >= 0.6 is 11.8 Å². The zero-order chi connectivity index (χ0) is 20.6. The molecule has 0 spiro atoms. The number of hydrogen-bond donors (Lipinski definition) is 1. The van der Waals surface area contributed by atoms with Crippen LogP contribution in [0.5, 0.6) is 0 Å². The molecule has 1 heterocycles. The normalized spacial score (nSPS) is 10.9. The van der Waals surface area contributed by atoms with Gasteiger partial charge in [-0.25, -0.2) is 5.43 Å². The van der Waals surface area contributed by atoms with Crippen molar-refractivity contribution in [2.45, 2.75) is 18.6 Å². The lowest BCUT2D eigenvalue weighted by molar-refractivity contribution is -0.384. The van der Waals surface area contributed by atoms with Crippen LogP contribution in [-0.2, 0) is 11.3 Å². The minimum Gasteiger partial charge on any atom is -0.302 e. The van der Waals surface area contributed by atoms with Gasteiger partial charge in [-0.2, -0.15) is 5.10 Å². The Morgan fingerprint density at radius 3 is 2.59 bits per heavy atom. The second-order valence-electron chi connectivity index (χ2n) is 5.85. The van der Waals surface area contributed by atoms with E-state index < -0.39 is 4.92 Å². The van der Waals surface area contributed by atoms with Gasteiger partial charge >= 0.3 is 0 Å². The number of non-ortho nitro benzene ring substituents is 1. The summed E-state index contributed by atoms with van der Waals surface area (Å²) in [6.07, 6.45) is 1.42. The third kappa shape index (κ3) is 5.26. The molecular weight excluding hydrogens is 392 g/mol. The Hall–Kier alpha value is -3.53. The predicted molar refractivity (Wildman–Crippen MR) is 111 cm³/mol. The van der Waals surface area contributed by atoms with Gasteiger partial charge in [-0.15, -0.1) is 10.2 Å². The highest BCUT2D eigenvalue weighted by molar-refractivity contribution is 7.99. The molecule has 3 rings (SSSR count). The Balaban J connectivity index is 1.55. The van der Waals surface area contributed by atoms with E-state index in [2.05, 4.69) is 20.7 Å². The van der Waals surface area contributed by atoms with E-state index >= 15 is 0 Å². The minimum atomic E-state index is -0.474. The first-order chi connectivity index (χ1) is 14.1. The molecule has 2 aromatic carbocycles. The smallest absolute Gasteiger partial charge is 0.269 e. The first kappa shape index (κ1) is 20.2. The lowest BCUT2D eigenvalue weighted by atomic mass is 10.2. The number of nitro benzene ring substituents is 1. The summed E-state index contributed by atoms with van der Waals surface area (Å²) in [6, 6.07) is 15.6.